The molecule has 1 aromatic carbocycles. The van der Waals surface area contributed by atoms with Gasteiger partial charge in [0, 0.05) is 13.0 Å². The molecule has 0 heterocycles. The molecule has 6 heteroatoms. The molecule has 1 aliphatic carbocycles. The first-order chi connectivity index (χ1) is 10.9. The summed E-state index contributed by atoms with van der Waals surface area (Å²) in [5.41, 5.74) is 0.977. The van der Waals surface area contributed by atoms with Crippen molar-refractivity contribution in [3.05, 3.63) is 29.8 Å². The Bertz CT molecular complexity index is 605. The van der Waals surface area contributed by atoms with Gasteiger partial charge < -0.3 is 5.32 Å². The normalized spacial score (nSPS) is 16.2. The minimum atomic E-state index is -3.64. The van der Waals surface area contributed by atoms with Crippen LogP contribution >= 0.6 is 0 Å². The molecule has 0 aliphatic heterocycles. The molecular formula is C17H26N2O3S. The molecule has 0 atom stereocenters. The SMILES string of the molecule is NS(=O)(=O)c1ccc(CCNC(=O)CCC2CCCCC2)cc1. The van der Waals surface area contributed by atoms with Gasteiger partial charge in [0.25, 0.3) is 0 Å². The van der Waals surface area contributed by atoms with Crippen LogP contribution in [-0.2, 0) is 21.2 Å². The molecule has 0 radical (unpaired) electrons. The summed E-state index contributed by atoms with van der Waals surface area (Å²) in [7, 11) is -3.64. The highest BCUT2D eigenvalue weighted by atomic mass is 32.2. The monoisotopic (exact) mass is 338 g/mol. The molecule has 0 aromatic heterocycles. The first-order valence-corrected chi connectivity index (χ1v) is 9.88. The van der Waals surface area contributed by atoms with Crippen LogP contribution in [0.2, 0.25) is 0 Å². The number of sulfonamides is 1. The molecule has 0 bridgehead atoms. The van der Waals surface area contributed by atoms with Gasteiger partial charge in [0.2, 0.25) is 15.9 Å². The number of hydrogen-bond acceptors (Lipinski definition) is 3. The molecule has 23 heavy (non-hydrogen) atoms. The predicted molar refractivity (Wildman–Crippen MR) is 90.3 cm³/mol. The molecule has 1 fully saturated rings. The number of hydrogen-bond donors (Lipinski definition) is 2. The summed E-state index contributed by atoms with van der Waals surface area (Å²) in [5, 5.41) is 7.99. The zero-order chi connectivity index (χ0) is 16.7. The predicted octanol–water partition coefficient (Wildman–Crippen LogP) is 2.35. The van der Waals surface area contributed by atoms with Crippen molar-refractivity contribution in [2.75, 3.05) is 6.54 Å². The van der Waals surface area contributed by atoms with Gasteiger partial charge in [0.1, 0.15) is 0 Å². The third-order valence-electron chi connectivity index (χ3n) is 4.49. The lowest BCUT2D eigenvalue weighted by Gasteiger charge is -2.20. The van der Waals surface area contributed by atoms with Gasteiger partial charge in [-0.2, -0.15) is 0 Å². The fourth-order valence-corrected chi connectivity index (χ4v) is 3.61. The van der Waals surface area contributed by atoms with Crippen molar-refractivity contribution in [2.45, 2.75) is 56.3 Å². The molecule has 128 valence electrons. The zero-order valence-corrected chi connectivity index (χ0v) is 14.3. The minimum absolute atomic E-state index is 0.108. The maximum Gasteiger partial charge on any atom is 0.238 e. The maximum atomic E-state index is 11.9. The van der Waals surface area contributed by atoms with Gasteiger partial charge in [0.05, 0.1) is 4.90 Å². The van der Waals surface area contributed by atoms with E-state index in [-0.39, 0.29) is 10.8 Å². The van der Waals surface area contributed by atoms with Crippen molar-refractivity contribution >= 4 is 15.9 Å². The summed E-state index contributed by atoms with van der Waals surface area (Å²) in [6, 6.07) is 6.45. The van der Waals surface area contributed by atoms with Crippen molar-refractivity contribution in [1.82, 2.24) is 5.32 Å². The summed E-state index contributed by atoms with van der Waals surface area (Å²) in [6.07, 6.45) is 8.77. The largest absolute Gasteiger partial charge is 0.356 e. The lowest BCUT2D eigenvalue weighted by Crippen LogP contribution is -2.26. The molecule has 5 nitrogen and oxygen atoms in total. The topological polar surface area (TPSA) is 89.3 Å². The van der Waals surface area contributed by atoms with Gasteiger partial charge in [-0.3, -0.25) is 4.79 Å². The fraction of sp³-hybridized carbons (Fsp3) is 0.588. The number of amides is 1. The number of primary sulfonamides is 1. The molecule has 0 spiro atoms. The molecule has 3 N–H and O–H groups in total. The van der Waals surface area contributed by atoms with E-state index in [2.05, 4.69) is 5.32 Å². The highest BCUT2D eigenvalue weighted by Crippen LogP contribution is 2.27. The van der Waals surface area contributed by atoms with Crippen LogP contribution in [0, 0.1) is 5.92 Å². The van der Waals surface area contributed by atoms with E-state index in [1.807, 2.05) is 0 Å². The van der Waals surface area contributed by atoms with E-state index in [4.69, 9.17) is 5.14 Å². The molecule has 2 rings (SSSR count). The van der Waals surface area contributed by atoms with Gasteiger partial charge in [-0.05, 0) is 36.5 Å². The summed E-state index contributed by atoms with van der Waals surface area (Å²) >= 11 is 0. The quantitative estimate of drug-likeness (QED) is 0.800. The minimum Gasteiger partial charge on any atom is -0.356 e. The molecule has 1 aromatic rings. The molecular weight excluding hydrogens is 312 g/mol. The van der Waals surface area contributed by atoms with Crippen LogP contribution in [0.3, 0.4) is 0 Å². The van der Waals surface area contributed by atoms with Gasteiger partial charge in [-0.1, -0.05) is 44.2 Å². The Morgan fingerprint density at radius 3 is 2.39 bits per heavy atom. The second-order valence-corrected chi connectivity index (χ2v) is 7.89. The van der Waals surface area contributed by atoms with Crippen molar-refractivity contribution in [1.29, 1.82) is 0 Å². The van der Waals surface area contributed by atoms with E-state index in [1.165, 1.54) is 44.2 Å². The molecule has 1 saturated carbocycles. The average molecular weight is 338 g/mol. The Morgan fingerprint density at radius 1 is 1.13 bits per heavy atom. The molecule has 1 amide bonds. The summed E-state index contributed by atoms with van der Waals surface area (Å²) in [5.74, 6) is 0.831. The number of carbonyl (C=O) groups is 1. The number of carbonyl (C=O) groups excluding carboxylic acids is 1. The van der Waals surface area contributed by atoms with Gasteiger partial charge in [-0.15, -0.1) is 0 Å². The molecule has 0 saturated heterocycles. The van der Waals surface area contributed by atoms with E-state index in [1.54, 1.807) is 12.1 Å². The van der Waals surface area contributed by atoms with Crippen LogP contribution in [-0.4, -0.2) is 20.9 Å². The smallest absolute Gasteiger partial charge is 0.238 e. The first-order valence-electron chi connectivity index (χ1n) is 8.33. The van der Waals surface area contributed by atoms with E-state index in [9.17, 15) is 13.2 Å². The maximum absolute atomic E-state index is 11.9. The third-order valence-corrected chi connectivity index (χ3v) is 5.42. The number of benzene rings is 1. The van der Waals surface area contributed by atoms with Crippen LogP contribution < -0.4 is 10.5 Å². The van der Waals surface area contributed by atoms with Crippen molar-refractivity contribution in [3.63, 3.8) is 0 Å². The van der Waals surface area contributed by atoms with Gasteiger partial charge >= 0.3 is 0 Å². The lowest BCUT2D eigenvalue weighted by atomic mass is 9.86. The van der Waals surface area contributed by atoms with Crippen LogP contribution in [0.15, 0.2) is 29.2 Å². The highest BCUT2D eigenvalue weighted by Gasteiger charge is 2.14. The summed E-state index contributed by atoms with van der Waals surface area (Å²) < 4.78 is 22.3. The van der Waals surface area contributed by atoms with Crippen LogP contribution in [0.5, 0.6) is 0 Å². The Morgan fingerprint density at radius 2 is 1.78 bits per heavy atom. The first kappa shape index (κ1) is 17.9. The second-order valence-electron chi connectivity index (χ2n) is 6.33. The Labute approximate surface area is 138 Å². The Hall–Kier alpha value is -1.40. The Balaban J connectivity index is 1.66. The summed E-state index contributed by atoms with van der Waals surface area (Å²) in [6.45, 7) is 0.568. The van der Waals surface area contributed by atoms with Crippen LogP contribution in [0.1, 0.15) is 50.5 Å². The van der Waals surface area contributed by atoms with E-state index >= 15 is 0 Å². The number of rotatable bonds is 7. The molecule has 0 unspecified atom stereocenters. The van der Waals surface area contributed by atoms with Crippen molar-refractivity contribution in [2.24, 2.45) is 11.1 Å². The van der Waals surface area contributed by atoms with Crippen molar-refractivity contribution < 1.29 is 13.2 Å². The average Bonchev–Trinajstić information content (AvgIpc) is 2.53. The fourth-order valence-electron chi connectivity index (χ4n) is 3.09. The summed E-state index contributed by atoms with van der Waals surface area (Å²) in [4.78, 5) is 12.0. The van der Waals surface area contributed by atoms with Crippen molar-refractivity contribution in [3.8, 4) is 0 Å². The second kappa shape index (κ2) is 8.45. The number of nitrogens with two attached hydrogens (primary N) is 1. The van der Waals surface area contributed by atoms with Gasteiger partial charge in [0.15, 0.2) is 0 Å². The van der Waals surface area contributed by atoms with Crippen LogP contribution in [0.25, 0.3) is 0 Å². The van der Waals surface area contributed by atoms with E-state index in [0.29, 0.717) is 19.4 Å². The zero-order valence-electron chi connectivity index (χ0n) is 13.5. The lowest BCUT2D eigenvalue weighted by molar-refractivity contribution is -0.121. The Kier molecular flexibility index (Phi) is 6.59. The van der Waals surface area contributed by atoms with Gasteiger partial charge in [-0.25, -0.2) is 13.6 Å². The van der Waals surface area contributed by atoms with Crippen LogP contribution in [0.4, 0.5) is 0 Å². The third kappa shape index (κ3) is 6.31. The van der Waals surface area contributed by atoms with E-state index < -0.39 is 10.0 Å². The number of nitrogens with one attached hydrogen (secondary N) is 1. The molecule has 1 aliphatic rings. The van der Waals surface area contributed by atoms with E-state index in [0.717, 1.165) is 17.9 Å². The highest BCUT2D eigenvalue weighted by molar-refractivity contribution is 7.89. The standard InChI is InChI=1S/C17H26N2O3S/c18-23(21,22)16-9-6-15(7-10-16)12-13-19-17(20)11-8-14-4-2-1-3-5-14/h6-7,9-10,14H,1-5,8,11-13H2,(H,19,20)(H2,18,21,22).